The number of aromatic nitrogens is 1. The van der Waals surface area contributed by atoms with Crippen LogP contribution in [0.2, 0.25) is 0 Å². The molecule has 0 aliphatic carbocycles. The van der Waals surface area contributed by atoms with Crippen molar-refractivity contribution in [1.82, 2.24) is 10.3 Å². The Morgan fingerprint density at radius 2 is 2.19 bits per heavy atom. The van der Waals surface area contributed by atoms with E-state index in [0.29, 0.717) is 0 Å². The second-order valence-electron chi connectivity index (χ2n) is 3.23. The average molecular weight is 246 g/mol. The molecule has 1 amide bonds. The van der Waals surface area contributed by atoms with Crippen molar-refractivity contribution >= 4 is 15.7 Å². The van der Waals surface area contributed by atoms with Crippen molar-refractivity contribution < 1.29 is 17.6 Å². The zero-order valence-electron chi connectivity index (χ0n) is 8.60. The van der Waals surface area contributed by atoms with Crippen molar-refractivity contribution in [3.8, 4) is 0 Å². The maximum atomic E-state index is 12.7. The Labute approximate surface area is 92.6 Å². The number of hydrogen-bond donors (Lipinski definition) is 1. The van der Waals surface area contributed by atoms with E-state index >= 15 is 0 Å². The lowest BCUT2D eigenvalue weighted by atomic mass is 10.3. The third kappa shape index (κ3) is 4.35. The Balaban J connectivity index is 2.54. The van der Waals surface area contributed by atoms with Gasteiger partial charge in [0.15, 0.2) is 0 Å². The molecule has 5 nitrogen and oxygen atoms in total. The van der Waals surface area contributed by atoms with Crippen LogP contribution in [0, 0.1) is 5.95 Å². The minimum absolute atomic E-state index is 0.0180. The lowest BCUT2D eigenvalue weighted by Gasteiger charge is -2.03. The molecule has 0 radical (unpaired) electrons. The molecule has 7 heteroatoms. The van der Waals surface area contributed by atoms with Gasteiger partial charge in [-0.25, -0.2) is 13.4 Å². The predicted molar refractivity (Wildman–Crippen MR) is 56.2 cm³/mol. The second kappa shape index (κ2) is 5.02. The van der Waals surface area contributed by atoms with Crippen LogP contribution in [-0.2, 0) is 9.84 Å². The standard InChI is InChI=1S/C9H11FN2O3S/c1-16(14,15)6-5-11-9(13)7-3-2-4-8(10)12-7/h2-4H,5-6H2,1H3,(H,11,13). The summed E-state index contributed by atoms with van der Waals surface area (Å²) in [6, 6.07) is 3.82. The summed E-state index contributed by atoms with van der Waals surface area (Å²) >= 11 is 0. The van der Waals surface area contributed by atoms with Crippen LogP contribution in [-0.4, -0.2) is 37.9 Å². The number of halogens is 1. The molecule has 0 saturated carbocycles. The van der Waals surface area contributed by atoms with Gasteiger partial charge in [0.25, 0.3) is 5.91 Å². The summed E-state index contributed by atoms with van der Waals surface area (Å²) in [6.45, 7) is -0.0180. The molecule has 1 heterocycles. The summed E-state index contributed by atoms with van der Waals surface area (Å²) in [6.07, 6.45) is 1.07. The van der Waals surface area contributed by atoms with Crippen LogP contribution < -0.4 is 5.32 Å². The molecule has 0 spiro atoms. The first-order valence-corrected chi connectivity index (χ1v) is 6.53. The topological polar surface area (TPSA) is 76.1 Å². The Morgan fingerprint density at radius 1 is 1.50 bits per heavy atom. The van der Waals surface area contributed by atoms with E-state index in [1.807, 2.05) is 0 Å². The first-order valence-electron chi connectivity index (χ1n) is 4.47. The van der Waals surface area contributed by atoms with E-state index in [1.54, 1.807) is 0 Å². The summed E-state index contributed by atoms with van der Waals surface area (Å²) in [5.41, 5.74) is -0.0755. The second-order valence-corrected chi connectivity index (χ2v) is 5.49. The third-order valence-electron chi connectivity index (χ3n) is 1.71. The maximum Gasteiger partial charge on any atom is 0.270 e. The number of nitrogens with one attached hydrogen (secondary N) is 1. The molecule has 0 saturated heterocycles. The van der Waals surface area contributed by atoms with E-state index in [4.69, 9.17) is 0 Å². The summed E-state index contributed by atoms with van der Waals surface area (Å²) in [5.74, 6) is -1.51. The molecule has 1 N–H and O–H groups in total. The number of carbonyl (C=O) groups is 1. The van der Waals surface area contributed by atoms with Crippen molar-refractivity contribution in [3.05, 3.63) is 29.8 Å². The zero-order valence-corrected chi connectivity index (χ0v) is 9.42. The quantitative estimate of drug-likeness (QED) is 0.758. The van der Waals surface area contributed by atoms with Gasteiger partial charge in [0.1, 0.15) is 15.5 Å². The zero-order chi connectivity index (χ0) is 12.2. The van der Waals surface area contributed by atoms with Crippen LogP contribution in [0.4, 0.5) is 4.39 Å². The highest BCUT2D eigenvalue weighted by atomic mass is 32.2. The van der Waals surface area contributed by atoms with E-state index < -0.39 is 21.7 Å². The Bertz CT molecular complexity index is 487. The van der Waals surface area contributed by atoms with Gasteiger partial charge in [0, 0.05) is 12.8 Å². The van der Waals surface area contributed by atoms with Gasteiger partial charge < -0.3 is 5.32 Å². The van der Waals surface area contributed by atoms with Gasteiger partial charge in [-0.3, -0.25) is 4.79 Å². The molecular formula is C9H11FN2O3S. The van der Waals surface area contributed by atoms with Gasteiger partial charge in [-0.15, -0.1) is 0 Å². The molecule has 16 heavy (non-hydrogen) atoms. The fraction of sp³-hybridized carbons (Fsp3) is 0.333. The average Bonchev–Trinajstić information content (AvgIpc) is 2.15. The van der Waals surface area contributed by atoms with Crippen LogP contribution >= 0.6 is 0 Å². The van der Waals surface area contributed by atoms with Gasteiger partial charge in [-0.05, 0) is 12.1 Å². The first kappa shape index (κ1) is 12.6. The molecule has 0 atom stereocenters. The predicted octanol–water partition coefficient (Wildman–Crippen LogP) is -0.00490. The minimum atomic E-state index is -3.12. The molecule has 1 rings (SSSR count). The lowest BCUT2D eigenvalue weighted by molar-refractivity contribution is 0.0950. The highest BCUT2D eigenvalue weighted by Gasteiger charge is 2.08. The van der Waals surface area contributed by atoms with Crippen LogP contribution in [0.5, 0.6) is 0 Å². The van der Waals surface area contributed by atoms with Crippen molar-refractivity contribution in [2.75, 3.05) is 18.6 Å². The van der Waals surface area contributed by atoms with Crippen molar-refractivity contribution in [2.24, 2.45) is 0 Å². The summed E-state index contributed by atoms with van der Waals surface area (Å²) in [7, 11) is -3.12. The van der Waals surface area contributed by atoms with Gasteiger partial charge in [0.05, 0.1) is 5.75 Å². The fourth-order valence-corrected chi connectivity index (χ4v) is 1.45. The van der Waals surface area contributed by atoms with Crippen LogP contribution in [0.25, 0.3) is 0 Å². The van der Waals surface area contributed by atoms with Gasteiger partial charge in [-0.2, -0.15) is 4.39 Å². The van der Waals surface area contributed by atoms with Crippen molar-refractivity contribution in [2.45, 2.75) is 0 Å². The maximum absolute atomic E-state index is 12.7. The Kier molecular flexibility index (Phi) is 3.94. The normalized spacial score (nSPS) is 11.1. The number of amides is 1. The summed E-state index contributed by atoms with van der Waals surface area (Å²) in [5, 5.41) is 2.34. The monoisotopic (exact) mass is 246 g/mol. The van der Waals surface area contributed by atoms with Gasteiger partial charge in [0.2, 0.25) is 5.95 Å². The number of rotatable bonds is 4. The van der Waals surface area contributed by atoms with E-state index in [9.17, 15) is 17.6 Å². The minimum Gasteiger partial charge on any atom is -0.350 e. The molecule has 1 aromatic rings. The van der Waals surface area contributed by atoms with Crippen molar-refractivity contribution in [3.63, 3.8) is 0 Å². The van der Waals surface area contributed by atoms with Crippen molar-refractivity contribution in [1.29, 1.82) is 0 Å². The largest absolute Gasteiger partial charge is 0.350 e. The van der Waals surface area contributed by atoms with E-state index in [-0.39, 0.29) is 18.0 Å². The summed E-state index contributed by atoms with van der Waals surface area (Å²) in [4.78, 5) is 14.7. The molecule has 0 aliphatic rings. The van der Waals surface area contributed by atoms with E-state index in [0.717, 1.165) is 12.3 Å². The number of nitrogens with zero attached hydrogens (tertiary/aromatic N) is 1. The lowest BCUT2D eigenvalue weighted by Crippen LogP contribution is -2.29. The number of hydrogen-bond acceptors (Lipinski definition) is 4. The third-order valence-corrected chi connectivity index (χ3v) is 2.65. The molecule has 1 aromatic heterocycles. The fourth-order valence-electron chi connectivity index (χ4n) is 0.975. The Morgan fingerprint density at radius 3 is 2.75 bits per heavy atom. The van der Waals surface area contributed by atoms with Crippen LogP contribution in [0.15, 0.2) is 18.2 Å². The SMILES string of the molecule is CS(=O)(=O)CCNC(=O)c1cccc(F)n1. The summed E-state index contributed by atoms with van der Waals surface area (Å²) < 4.78 is 34.2. The molecule has 0 fully saturated rings. The van der Waals surface area contributed by atoms with Gasteiger partial charge in [-0.1, -0.05) is 6.07 Å². The highest BCUT2D eigenvalue weighted by molar-refractivity contribution is 7.90. The number of pyridine rings is 1. The van der Waals surface area contributed by atoms with E-state index in [1.165, 1.54) is 12.1 Å². The molecular weight excluding hydrogens is 235 g/mol. The Hall–Kier alpha value is -1.50. The smallest absolute Gasteiger partial charge is 0.270 e. The molecule has 0 bridgehead atoms. The number of sulfone groups is 1. The first-order chi connectivity index (χ1) is 7.38. The van der Waals surface area contributed by atoms with Crippen LogP contribution in [0.3, 0.4) is 0 Å². The molecule has 0 unspecified atom stereocenters. The highest BCUT2D eigenvalue weighted by Crippen LogP contribution is 1.97. The van der Waals surface area contributed by atoms with Gasteiger partial charge >= 0.3 is 0 Å². The van der Waals surface area contributed by atoms with Crippen LogP contribution in [0.1, 0.15) is 10.5 Å². The molecule has 0 aliphatic heterocycles. The molecule has 0 aromatic carbocycles. The van der Waals surface area contributed by atoms with E-state index in [2.05, 4.69) is 10.3 Å². The molecule has 88 valence electrons. The number of carbonyl (C=O) groups excluding carboxylic acids is 1.